The number of carbonyl (C=O) groups excluding carboxylic acids is 1. The summed E-state index contributed by atoms with van der Waals surface area (Å²) < 4.78 is 6.74. The number of anilines is 1. The summed E-state index contributed by atoms with van der Waals surface area (Å²) in [5, 5.41) is 3.28. The molecule has 3 nitrogen and oxygen atoms in total. The Kier molecular flexibility index (Phi) is 5.09. The van der Waals surface area contributed by atoms with Crippen molar-refractivity contribution in [1.82, 2.24) is 0 Å². The van der Waals surface area contributed by atoms with Gasteiger partial charge >= 0.3 is 6.09 Å². The highest BCUT2D eigenvalue weighted by Gasteiger charge is 2.17. The summed E-state index contributed by atoms with van der Waals surface area (Å²) in [7, 11) is 0. The summed E-state index contributed by atoms with van der Waals surface area (Å²) in [4.78, 5) is 11.6. The van der Waals surface area contributed by atoms with Crippen molar-refractivity contribution >= 4 is 61.9 Å². The fourth-order valence-electron chi connectivity index (χ4n) is 1.03. The van der Waals surface area contributed by atoms with Gasteiger partial charge in [0.2, 0.25) is 0 Å². The second kappa shape index (κ2) is 5.75. The van der Waals surface area contributed by atoms with Gasteiger partial charge in [-0.25, -0.2) is 4.79 Å². The van der Waals surface area contributed by atoms with Gasteiger partial charge in [-0.1, -0.05) is 11.6 Å². The van der Waals surface area contributed by atoms with Gasteiger partial charge < -0.3 is 4.74 Å². The highest BCUT2D eigenvalue weighted by atomic mass is 127. The Morgan fingerprint density at radius 1 is 1.47 bits per heavy atom. The van der Waals surface area contributed by atoms with Gasteiger partial charge in [-0.3, -0.25) is 5.32 Å². The normalized spacial score (nSPS) is 11.2. The zero-order valence-corrected chi connectivity index (χ0v) is 14.1. The van der Waals surface area contributed by atoms with E-state index in [0.29, 0.717) is 10.7 Å². The predicted octanol–water partition coefficient (Wildman–Crippen LogP) is 5.05. The molecule has 0 aliphatic carbocycles. The monoisotopic (exact) mass is 431 g/mol. The first-order chi connectivity index (χ1) is 7.69. The molecule has 0 saturated carbocycles. The minimum absolute atomic E-state index is 0.482. The highest BCUT2D eigenvalue weighted by molar-refractivity contribution is 14.1. The van der Waals surface area contributed by atoms with Crippen molar-refractivity contribution in [1.29, 1.82) is 0 Å². The lowest BCUT2D eigenvalue weighted by Gasteiger charge is -2.20. The first kappa shape index (κ1) is 15.0. The second-order valence-electron chi connectivity index (χ2n) is 4.37. The van der Waals surface area contributed by atoms with Gasteiger partial charge in [-0.15, -0.1) is 0 Å². The molecule has 0 aliphatic heterocycles. The number of hydrogen-bond donors (Lipinski definition) is 1. The summed E-state index contributed by atoms with van der Waals surface area (Å²) in [6.07, 6.45) is -0.482. The van der Waals surface area contributed by atoms with E-state index in [0.717, 1.165) is 8.04 Å². The zero-order chi connectivity index (χ0) is 13.2. The lowest BCUT2D eigenvalue weighted by atomic mass is 10.2. The van der Waals surface area contributed by atoms with E-state index in [9.17, 15) is 4.79 Å². The molecule has 0 saturated heterocycles. The molecule has 0 spiro atoms. The molecule has 0 fully saturated rings. The number of carbonyl (C=O) groups is 1. The minimum atomic E-state index is -0.515. The van der Waals surface area contributed by atoms with Crippen LogP contribution in [0.1, 0.15) is 20.8 Å². The summed E-state index contributed by atoms with van der Waals surface area (Å²) >= 11 is 11.3. The smallest absolute Gasteiger partial charge is 0.412 e. The Balaban J connectivity index is 2.82. The largest absolute Gasteiger partial charge is 0.444 e. The maximum Gasteiger partial charge on any atom is 0.412 e. The number of amides is 1. The Labute approximate surface area is 128 Å². The molecule has 94 valence electrons. The first-order valence-corrected chi connectivity index (χ1v) is 7.08. The molecule has 1 aromatic carbocycles. The molecule has 1 N–H and O–H groups in total. The van der Waals surface area contributed by atoms with Crippen LogP contribution < -0.4 is 5.32 Å². The molecule has 0 aliphatic rings. The van der Waals surface area contributed by atoms with Gasteiger partial charge in [0.05, 0.1) is 10.7 Å². The van der Waals surface area contributed by atoms with Crippen molar-refractivity contribution in [2.24, 2.45) is 0 Å². The van der Waals surface area contributed by atoms with Crippen LogP contribution in [-0.4, -0.2) is 11.7 Å². The van der Waals surface area contributed by atoms with Crippen LogP contribution in [0.15, 0.2) is 16.6 Å². The molecular weight excluding hydrogens is 420 g/mol. The Hall–Kier alpha value is -0.0100. The van der Waals surface area contributed by atoms with Crippen LogP contribution in [0.4, 0.5) is 10.5 Å². The van der Waals surface area contributed by atoms with Crippen molar-refractivity contribution in [2.75, 3.05) is 5.32 Å². The second-order valence-corrected chi connectivity index (χ2v) is 6.80. The molecule has 1 amide bonds. The fraction of sp³-hybridized carbons (Fsp3) is 0.364. The van der Waals surface area contributed by atoms with E-state index < -0.39 is 11.7 Å². The molecule has 0 unspecified atom stereocenters. The summed E-state index contributed by atoms with van der Waals surface area (Å²) in [5.74, 6) is 0. The number of hydrogen-bond acceptors (Lipinski definition) is 2. The fourth-order valence-corrected chi connectivity index (χ4v) is 2.33. The summed E-state index contributed by atoms with van der Waals surface area (Å²) in [5.41, 5.74) is 0.148. The van der Waals surface area contributed by atoms with Crippen LogP contribution in [0.2, 0.25) is 5.02 Å². The van der Waals surface area contributed by atoms with Gasteiger partial charge in [0, 0.05) is 8.04 Å². The number of ether oxygens (including phenoxy) is 1. The van der Waals surface area contributed by atoms with Crippen LogP contribution in [0.3, 0.4) is 0 Å². The van der Waals surface area contributed by atoms with E-state index in [-0.39, 0.29) is 0 Å². The number of halogens is 3. The molecule has 0 aromatic heterocycles. The minimum Gasteiger partial charge on any atom is -0.444 e. The average Bonchev–Trinajstić information content (AvgIpc) is 2.11. The van der Waals surface area contributed by atoms with Gasteiger partial charge in [0.15, 0.2) is 0 Å². The zero-order valence-electron chi connectivity index (χ0n) is 9.61. The van der Waals surface area contributed by atoms with E-state index in [1.807, 2.05) is 20.8 Å². The highest BCUT2D eigenvalue weighted by Crippen LogP contribution is 2.30. The van der Waals surface area contributed by atoms with Crippen molar-refractivity contribution in [2.45, 2.75) is 26.4 Å². The third-order valence-electron chi connectivity index (χ3n) is 1.65. The van der Waals surface area contributed by atoms with Crippen molar-refractivity contribution in [3.8, 4) is 0 Å². The Morgan fingerprint density at radius 3 is 2.59 bits per heavy atom. The molecule has 1 aromatic rings. The summed E-state index contributed by atoms with van der Waals surface area (Å²) in [6.45, 7) is 5.44. The first-order valence-electron chi connectivity index (χ1n) is 4.83. The average molecular weight is 432 g/mol. The van der Waals surface area contributed by atoms with E-state index >= 15 is 0 Å². The maximum absolute atomic E-state index is 11.6. The van der Waals surface area contributed by atoms with Crippen molar-refractivity contribution < 1.29 is 9.53 Å². The Morgan fingerprint density at radius 2 is 2.06 bits per heavy atom. The van der Waals surface area contributed by atoms with E-state index in [1.165, 1.54) is 0 Å². The van der Waals surface area contributed by atoms with Crippen LogP contribution in [0.5, 0.6) is 0 Å². The number of benzene rings is 1. The predicted molar refractivity (Wildman–Crippen MR) is 81.7 cm³/mol. The van der Waals surface area contributed by atoms with E-state index in [1.54, 1.807) is 12.1 Å². The topological polar surface area (TPSA) is 38.3 Å². The van der Waals surface area contributed by atoms with Crippen LogP contribution in [0.25, 0.3) is 0 Å². The molecule has 0 atom stereocenters. The van der Waals surface area contributed by atoms with Crippen molar-refractivity contribution in [3.05, 3.63) is 25.2 Å². The molecule has 0 heterocycles. The van der Waals surface area contributed by atoms with Gasteiger partial charge in [0.1, 0.15) is 5.60 Å². The number of rotatable bonds is 1. The standard InChI is InChI=1S/C11H12BrClINO2/c1-11(2,3)17-10(16)15-9-4-6(12)7(13)5-8(9)14/h4-5H,1-3H3,(H,15,16). The van der Waals surface area contributed by atoms with Crippen LogP contribution in [-0.2, 0) is 4.74 Å². The van der Waals surface area contributed by atoms with Crippen LogP contribution in [0, 0.1) is 3.57 Å². The van der Waals surface area contributed by atoms with E-state index in [2.05, 4.69) is 43.8 Å². The molecular formula is C11H12BrClINO2. The molecule has 6 heteroatoms. The summed E-state index contributed by atoms with van der Waals surface area (Å²) in [6, 6.07) is 3.51. The molecule has 0 bridgehead atoms. The van der Waals surface area contributed by atoms with Gasteiger partial charge in [-0.05, 0) is 71.4 Å². The SMILES string of the molecule is CC(C)(C)OC(=O)Nc1cc(Br)c(Cl)cc1I. The van der Waals surface area contributed by atoms with Crippen LogP contribution >= 0.6 is 50.1 Å². The van der Waals surface area contributed by atoms with E-state index in [4.69, 9.17) is 16.3 Å². The quantitative estimate of drug-likeness (QED) is 0.498. The maximum atomic E-state index is 11.6. The van der Waals surface area contributed by atoms with Crippen molar-refractivity contribution in [3.63, 3.8) is 0 Å². The third-order valence-corrected chi connectivity index (χ3v) is 3.74. The molecule has 0 radical (unpaired) electrons. The number of nitrogens with one attached hydrogen (secondary N) is 1. The lowest BCUT2D eigenvalue weighted by molar-refractivity contribution is 0.0636. The third kappa shape index (κ3) is 5.01. The van der Waals surface area contributed by atoms with Gasteiger partial charge in [0.25, 0.3) is 0 Å². The lowest BCUT2D eigenvalue weighted by Crippen LogP contribution is -2.27. The molecule has 17 heavy (non-hydrogen) atoms. The Bertz CT molecular complexity index is 446. The van der Waals surface area contributed by atoms with Gasteiger partial charge in [-0.2, -0.15) is 0 Å². The molecule has 1 rings (SSSR count).